The van der Waals surface area contributed by atoms with Crippen molar-refractivity contribution in [2.24, 2.45) is 4.99 Å². The van der Waals surface area contributed by atoms with Gasteiger partial charge in [-0.1, -0.05) is 36.7 Å². The molecule has 1 aromatic heterocycles. The molecule has 136 valence electrons. The van der Waals surface area contributed by atoms with Crippen LogP contribution in [0.15, 0.2) is 27.7 Å². The van der Waals surface area contributed by atoms with Crippen molar-refractivity contribution >= 4 is 17.6 Å². The summed E-state index contributed by atoms with van der Waals surface area (Å²) in [5.41, 5.74) is 0.550. The molecule has 2 rings (SSSR count). The van der Waals surface area contributed by atoms with Crippen molar-refractivity contribution in [1.82, 2.24) is 20.8 Å². The van der Waals surface area contributed by atoms with Crippen LogP contribution in [0.3, 0.4) is 0 Å². The summed E-state index contributed by atoms with van der Waals surface area (Å²) in [6.45, 7) is 9.37. The number of guanidine groups is 1. The average Bonchev–Trinajstić information content (AvgIpc) is 2.95. The number of hydrogen-bond donors (Lipinski definition) is 2. The van der Waals surface area contributed by atoms with E-state index < -0.39 is 0 Å². The third-order valence-electron chi connectivity index (χ3n) is 3.64. The molecule has 0 saturated carbocycles. The highest BCUT2D eigenvalue weighted by atomic mass is 35.5. The van der Waals surface area contributed by atoms with E-state index in [9.17, 15) is 4.39 Å². The first-order valence-electron chi connectivity index (χ1n) is 8.08. The van der Waals surface area contributed by atoms with Crippen molar-refractivity contribution in [1.29, 1.82) is 0 Å². The zero-order valence-electron chi connectivity index (χ0n) is 14.9. The van der Waals surface area contributed by atoms with Crippen LogP contribution in [0.5, 0.6) is 0 Å². The number of nitrogens with zero attached hydrogens (tertiary/aromatic N) is 3. The summed E-state index contributed by atoms with van der Waals surface area (Å²) in [5, 5.41) is 10.6. The Hall–Kier alpha value is -2.15. The molecule has 0 spiro atoms. The molecule has 0 bridgehead atoms. The fourth-order valence-corrected chi connectivity index (χ4v) is 2.75. The van der Waals surface area contributed by atoms with Gasteiger partial charge in [0, 0.05) is 23.5 Å². The van der Waals surface area contributed by atoms with Crippen molar-refractivity contribution in [3.05, 3.63) is 46.3 Å². The summed E-state index contributed by atoms with van der Waals surface area (Å²) in [4.78, 5) is 8.56. The number of aryl methyl sites for hydroxylation is 1. The first-order chi connectivity index (χ1) is 11.8. The van der Waals surface area contributed by atoms with Crippen molar-refractivity contribution in [3.8, 4) is 0 Å². The Labute approximate surface area is 151 Å². The maximum atomic E-state index is 13.3. The molecule has 8 heteroatoms. The van der Waals surface area contributed by atoms with E-state index in [1.807, 2.05) is 20.8 Å². The lowest BCUT2D eigenvalue weighted by Gasteiger charge is -2.27. The fraction of sp³-hybridized carbons (Fsp3) is 0.471. The molecule has 0 aliphatic heterocycles. The van der Waals surface area contributed by atoms with Crippen LogP contribution in [0.4, 0.5) is 4.39 Å². The van der Waals surface area contributed by atoms with Crippen LogP contribution >= 0.6 is 11.6 Å². The number of hydrogen-bond acceptors (Lipinski definition) is 4. The lowest BCUT2D eigenvalue weighted by molar-refractivity contribution is 0.376. The molecule has 2 aromatic rings. The molecular weight excluding hydrogens is 345 g/mol. The van der Waals surface area contributed by atoms with Crippen LogP contribution < -0.4 is 10.6 Å². The van der Waals surface area contributed by atoms with Crippen LogP contribution in [0.25, 0.3) is 0 Å². The highest BCUT2D eigenvalue weighted by Crippen LogP contribution is 2.29. The summed E-state index contributed by atoms with van der Waals surface area (Å²) in [6, 6.07) is 4.46. The lowest BCUT2D eigenvalue weighted by Crippen LogP contribution is -2.43. The second-order valence-corrected chi connectivity index (χ2v) is 6.70. The number of aliphatic imine (C=N–C) groups is 1. The monoisotopic (exact) mass is 367 g/mol. The molecular formula is C17H23ClFN5O. The molecule has 0 saturated heterocycles. The second-order valence-electron chi connectivity index (χ2n) is 6.29. The van der Waals surface area contributed by atoms with Gasteiger partial charge in [-0.25, -0.2) is 9.38 Å². The topological polar surface area (TPSA) is 75.3 Å². The Morgan fingerprint density at radius 2 is 2.12 bits per heavy atom. The van der Waals surface area contributed by atoms with Crippen molar-refractivity contribution < 1.29 is 8.91 Å². The van der Waals surface area contributed by atoms with Gasteiger partial charge in [-0.2, -0.15) is 4.98 Å². The Bertz CT molecular complexity index is 744. The van der Waals surface area contributed by atoms with Gasteiger partial charge in [0.25, 0.3) is 0 Å². The maximum absolute atomic E-state index is 13.3. The third kappa shape index (κ3) is 5.42. The predicted octanol–water partition coefficient (Wildman–Crippen LogP) is 3.20. The van der Waals surface area contributed by atoms with Gasteiger partial charge >= 0.3 is 0 Å². The molecule has 2 N–H and O–H groups in total. The average molecular weight is 368 g/mol. The molecule has 0 atom stereocenters. The van der Waals surface area contributed by atoms with Gasteiger partial charge in [-0.05, 0) is 31.5 Å². The van der Waals surface area contributed by atoms with E-state index in [0.717, 1.165) is 5.56 Å². The first-order valence-corrected chi connectivity index (χ1v) is 8.46. The molecule has 0 unspecified atom stereocenters. The van der Waals surface area contributed by atoms with E-state index in [2.05, 4.69) is 25.8 Å². The Morgan fingerprint density at radius 3 is 2.72 bits per heavy atom. The van der Waals surface area contributed by atoms with E-state index in [0.29, 0.717) is 35.8 Å². The molecule has 0 fully saturated rings. The van der Waals surface area contributed by atoms with E-state index >= 15 is 0 Å². The number of benzene rings is 1. The van der Waals surface area contributed by atoms with Gasteiger partial charge < -0.3 is 15.2 Å². The number of aromatic nitrogens is 2. The van der Waals surface area contributed by atoms with Crippen LogP contribution in [-0.4, -0.2) is 29.2 Å². The molecule has 25 heavy (non-hydrogen) atoms. The second kappa shape index (κ2) is 8.29. The van der Waals surface area contributed by atoms with Gasteiger partial charge in [-0.15, -0.1) is 0 Å². The summed E-state index contributed by atoms with van der Waals surface area (Å²) in [7, 11) is 0. The summed E-state index contributed by atoms with van der Waals surface area (Å²) >= 11 is 6.19. The predicted molar refractivity (Wildman–Crippen MR) is 96.3 cm³/mol. The summed E-state index contributed by atoms with van der Waals surface area (Å²) in [6.07, 6.45) is 0. The number of nitrogens with one attached hydrogen (secondary N) is 2. The maximum Gasteiger partial charge on any atom is 0.248 e. The van der Waals surface area contributed by atoms with Gasteiger partial charge in [-0.3, -0.25) is 0 Å². The fourth-order valence-electron chi connectivity index (χ4n) is 2.33. The van der Waals surface area contributed by atoms with Crippen molar-refractivity contribution in [2.75, 3.05) is 13.1 Å². The van der Waals surface area contributed by atoms with E-state index in [1.165, 1.54) is 12.1 Å². The van der Waals surface area contributed by atoms with Gasteiger partial charge in [0.1, 0.15) is 12.4 Å². The highest BCUT2D eigenvalue weighted by molar-refractivity contribution is 6.31. The minimum atomic E-state index is -0.345. The van der Waals surface area contributed by atoms with Crippen molar-refractivity contribution in [3.63, 3.8) is 0 Å². The number of rotatable bonds is 6. The Balaban J connectivity index is 2.05. The van der Waals surface area contributed by atoms with Gasteiger partial charge in [0.15, 0.2) is 11.8 Å². The molecule has 0 aliphatic carbocycles. The molecule has 0 aliphatic rings. The minimum absolute atomic E-state index is 0.286. The first kappa shape index (κ1) is 19.2. The van der Waals surface area contributed by atoms with Gasteiger partial charge in [0.05, 0.1) is 0 Å². The SMILES string of the molecule is CCNC(=NCc1nc(C)no1)NCC(C)(C)c1ccc(F)cc1Cl. The zero-order valence-corrected chi connectivity index (χ0v) is 15.6. The molecule has 0 radical (unpaired) electrons. The standard InChI is InChI=1S/C17H23ClFN5O/c1-5-20-16(21-9-15-23-11(2)24-25-15)22-10-17(3,4)13-7-6-12(19)8-14(13)18/h6-8H,5,9-10H2,1-4H3,(H2,20,21,22). The van der Waals surface area contributed by atoms with E-state index in [1.54, 1.807) is 13.0 Å². The normalized spacial score (nSPS) is 12.3. The summed E-state index contributed by atoms with van der Waals surface area (Å²) < 4.78 is 18.3. The third-order valence-corrected chi connectivity index (χ3v) is 3.96. The van der Waals surface area contributed by atoms with Crippen molar-refractivity contribution in [2.45, 2.75) is 39.7 Å². The molecule has 0 amide bonds. The van der Waals surface area contributed by atoms with Crippen LogP contribution in [0, 0.1) is 12.7 Å². The smallest absolute Gasteiger partial charge is 0.248 e. The van der Waals surface area contributed by atoms with Crippen LogP contribution in [-0.2, 0) is 12.0 Å². The quantitative estimate of drug-likeness (QED) is 0.605. The summed E-state index contributed by atoms with van der Waals surface area (Å²) in [5.74, 6) is 1.32. The largest absolute Gasteiger partial charge is 0.357 e. The Morgan fingerprint density at radius 1 is 1.36 bits per heavy atom. The van der Waals surface area contributed by atoms with Crippen LogP contribution in [0.1, 0.15) is 38.0 Å². The Kier molecular flexibility index (Phi) is 6.36. The molecule has 1 aromatic carbocycles. The lowest BCUT2D eigenvalue weighted by atomic mass is 9.84. The van der Waals surface area contributed by atoms with Crippen LogP contribution in [0.2, 0.25) is 5.02 Å². The van der Waals surface area contributed by atoms with Gasteiger partial charge in [0.2, 0.25) is 5.89 Å². The molecule has 6 nitrogen and oxygen atoms in total. The minimum Gasteiger partial charge on any atom is -0.357 e. The molecule has 1 heterocycles. The number of halogens is 2. The van der Waals surface area contributed by atoms with E-state index in [-0.39, 0.29) is 17.8 Å². The van der Waals surface area contributed by atoms with E-state index in [4.69, 9.17) is 16.1 Å². The highest BCUT2D eigenvalue weighted by Gasteiger charge is 2.24. The zero-order chi connectivity index (χ0) is 18.4.